The van der Waals surface area contributed by atoms with Crippen molar-refractivity contribution in [2.24, 2.45) is 18.7 Å². The van der Waals surface area contributed by atoms with Gasteiger partial charge in [-0.3, -0.25) is 0 Å². The highest BCUT2D eigenvalue weighted by Gasteiger charge is 2.44. The quantitative estimate of drug-likeness (QED) is 0.734. The van der Waals surface area contributed by atoms with E-state index in [1.54, 1.807) is 0 Å². The molecule has 4 heteroatoms. The smallest absolute Gasteiger partial charge is 0.112 e. The number of rotatable bonds is 1. The molecule has 0 amide bonds. The zero-order valence-electron chi connectivity index (χ0n) is 8.42. The predicted octanol–water partition coefficient (Wildman–Crippen LogP) is 1.02. The van der Waals surface area contributed by atoms with Crippen LogP contribution in [0.1, 0.15) is 18.1 Å². The molecule has 14 heavy (non-hydrogen) atoms. The van der Waals surface area contributed by atoms with E-state index in [0.29, 0.717) is 0 Å². The van der Waals surface area contributed by atoms with Crippen molar-refractivity contribution in [1.29, 1.82) is 0 Å². The van der Waals surface area contributed by atoms with Crippen LogP contribution in [0.5, 0.6) is 0 Å². The highest BCUT2D eigenvalue weighted by molar-refractivity contribution is 6.30. The molecule has 1 heterocycles. The Kier molecular flexibility index (Phi) is 2.14. The lowest BCUT2D eigenvalue weighted by Crippen LogP contribution is -2.38. The first-order chi connectivity index (χ1) is 6.50. The Labute approximate surface area is 88.5 Å². The average molecular weight is 215 g/mol. The van der Waals surface area contributed by atoms with Crippen molar-refractivity contribution >= 4 is 11.6 Å². The molecule has 0 saturated carbocycles. The van der Waals surface area contributed by atoms with E-state index in [9.17, 15) is 5.11 Å². The molecule has 2 rings (SSSR count). The fraction of sp³-hybridized carbons (Fsp3) is 0.600. The summed E-state index contributed by atoms with van der Waals surface area (Å²) in [6.45, 7) is 2.25. The molecule has 0 aromatic carbocycles. The van der Waals surface area contributed by atoms with Gasteiger partial charge in [0, 0.05) is 25.4 Å². The van der Waals surface area contributed by atoms with Crippen LogP contribution in [0.2, 0.25) is 5.15 Å². The standard InChI is InChI=1S/C10H15ClN2O/c1-6-3-7-8(10(6,14)5-12)4-13(2)9(7)11/h4,6,14H,3,5,12H2,1-2H3. The van der Waals surface area contributed by atoms with Crippen molar-refractivity contribution in [3.05, 3.63) is 22.5 Å². The molecule has 3 nitrogen and oxygen atoms in total. The molecule has 0 fully saturated rings. The third-order valence-corrected chi connectivity index (χ3v) is 3.80. The van der Waals surface area contributed by atoms with Gasteiger partial charge in [0.2, 0.25) is 0 Å². The normalized spacial score (nSPS) is 30.8. The molecule has 1 aromatic rings. The van der Waals surface area contributed by atoms with Gasteiger partial charge in [0.25, 0.3) is 0 Å². The molecule has 3 N–H and O–H groups in total. The number of aliphatic hydroxyl groups is 1. The lowest BCUT2D eigenvalue weighted by Gasteiger charge is -2.26. The molecule has 1 aliphatic carbocycles. The summed E-state index contributed by atoms with van der Waals surface area (Å²) in [6.07, 6.45) is 2.69. The minimum atomic E-state index is -0.889. The number of aromatic nitrogens is 1. The van der Waals surface area contributed by atoms with E-state index in [2.05, 4.69) is 0 Å². The molecule has 0 bridgehead atoms. The summed E-state index contributed by atoms with van der Waals surface area (Å²) in [5.74, 6) is 0.149. The fourth-order valence-electron chi connectivity index (χ4n) is 2.27. The molecule has 0 aliphatic heterocycles. The lowest BCUT2D eigenvalue weighted by molar-refractivity contribution is 0.00455. The van der Waals surface area contributed by atoms with Gasteiger partial charge in [-0.2, -0.15) is 0 Å². The zero-order chi connectivity index (χ0) is 10.5. The molecule has 78 valence electrons. The molecule has 1 aliphatic rings. The highest BCUT2D eigenvalue weighted by atomic mass is 35.5. The minimum absolute atomic E-state index is 0.149. The topological polar surface area (TPSA) is 51.2 Å². The van der Waals surface area contributed by atoms with Crippen LogP contribution in [0.25, 0.3) is 0 Å². The van der Waals surface area contributed by atoms with E-state index >= 15 is 0 Å². The maximum Gasteiger partial charge on any atom is 0.112 e. The molecular formula is C10H15ClN2O. The van der Waals surface area contributed by atoms with E-state index in [4.69, 9.17) is 17.3 Å². The number of hydrogen-bond donors (Lipinski definition) is 2. The van der Waals surface area contributed by atoms with Gasteiger partial charge < -0.3 is 15.4 Å². The summed E-state index contributed by atoms with van der Waals surface area (Å²) in [7, 11) is 1.88. The molecule has 0 spiro atoms. The summed E-state index contributed by atoms with van der Waals surface area (Å²) in [4.78, 5) is 0. The van der Waals surface area contributed by atoms with Gasteiger partial charge in [-0.25, -0.2) is 0 Å². The van der Waals surface area contributed by atoms with Crippen molar-refractivity contribution in [2.75, 3.05) is 6.54 Å². The summed E-state index contributed by atoms with van der Waals surface area (Å²) in [6, 6.07) is 0. The number of nitrogens with zero attached hydrogens (tertiary/aromatic N) is 1. The second-order valence-corrected chi connectivity index (χ2v) is 4.51. The van der Waals surface area contributed by atoms with E-state index in [-0.39, 0.29) is 12.5 Å². The van der Waals surface area contributed by atoms with Crippen LogP contribution >= 0.6 is 11.6 Å². The molecule has 1 aromatic heterocycles. The van der Waals surface area contributed by atoms with Crippen LogP contribution in [-0.2, 0) is 19.1 Å². The summed E-state index contributed by atoms with van der Waals surface area (Å²) in [5, 5.41) is 11.1. The fourth-order valence-corrected chi connectivity index (χ4v) is 2.50. The van der Waals surface area contributed by atoms with E-state index in [1.165, 1.54) is 0 Å². The first-order valence-corrected chi connectivity index (χ1v) is 5.15. The van der Waals surface area contributed by atoms with Gasteiger partial charge in [-0.1, -0.05) is 18.5 Å². The Hall–Kier alpha value is -0.510. The van der Waals surface area contributed by atoms with Crippen LogP contribution in [0.4, 0.5) is 0 Å². The summed E-state index contributed by atoms with van der Waals surface area (Å²) < 4.78 is 1.83. The predicted molar refractivity (Wildman–Crippen MR) is 56.2 cm³/mol. The van der Waals surface area contributed by atoms with Crippen molar-refractivity contribution in [1.82, 2.24) is 4.57 Å². The zero-order valence-corrected chi connectivity index (χ0v) is 9.17. The van der Waals surface area contributed by atoms with Crippen molar-refractivity contribution in [3.8, 4) is 0 Å². The van der Waals surface area contributed by atoms with Gasteiger partial charge in [-0.05, 0) is 17.9 Å². The highest BCUT2D eigenvalue weighted by Crippen LogP contribution is 2.44. The Balaban J connectivity index is 2.57. The van der Waals surface area contributed by atoms with Gasteiger partial charge in [-0.15, -0.1) is 0 Å². The Morgan fingerprint density at radius 3 is 3.00 bits per heavy atom. The Morgan fingerprint density at radius 1 is 1.79 bits per heavy atom. The number of hydrogen-bond acceptors (Lipinski definition) is 2. The maximum absolute atomic E-state index is 10.4. The number of halogens is 1. The molecule has 2 atom stereocenters. The van der Waals surface area contributed by atoms with Crippen LogP contribution in [0.3, 0.4) is 0 Å². The Bertz CT molecular complexity index is 374. The summed E-state index contributed by atoms with van der Waals surface area (Å²) in [5.41, 5.74) is 6.69. The largest absolute Gasteiger partial charge is 0.383 e. The van der Waals surface area contributed by atoms with E-state index in [1.807, 2.05) is 24.7 Å². The van der Waals surface area contributed by atoms with E-state index < -0.39 is 5.60 Å². The van der Waals surface area contributed by atoms with Gasteiger partial charge in [0.15, 0.2) is 0 Å². The second kappa shape index (κ2) is 2.99. The van der Waals surface area contributed by atoms with Crippen LogP contribution in [0, 0.1) is 5.92 Å². The first-order valence-electron chi connectivity index (χ1n) is 4.77. The van der Waals surface area contributed by atoms with Gasteiger partial charge in [0.05, 0.1) is 0 Å². The third-order valence-electron chi connectivity index (χ3n) is 3.31. The monoisotopic (exact) mass is 214 g/mol. The van der Waals surface area contributed by atoms with Gasteiger partial charge >= 0.3 is 0 Å². The van der Waals surface area contributed by atoms with Crippen LogP contribution in [0.15, 0.2) is 6.20 Å². The average Bonchev–Trinajstić information content (AvgIpc) is 2.56. The minimum Gasteiger partial charge on any atom is -0.383 e. The lowest BCUT2D eigenvalue weighted by atomic mass is 9.89. The van der Waals surface area contributed by atoms with Crippen molar-refractivity contribution in [3.63, 3.8) is 0 Å². The molecule has 2 unspecified atom stereocenters. The maximum atomic E-state index is 10.4. The Morgan fingerprint density at radius 2 is 2.43 bits per heavy atom. The van der Waals surface area contributed by atoms with E-state index in [0.717, 1.165) is 22.7 Å². The van der Waals surface area contributed by atoms with Gasteiger partial charge in [0.1, 0.15) is 10.8 Å². The second-order valence-electron chi connectivity index (χ2n) is 4.16. The van der Waals surface area contributed by atoms with Crippen LogP contribution in [-0.4, -0.2) is 16.2 Å². The molecular weight excluding hydrogens is 200 g/mol. The molecule has 0 radical (unpaired) electrons. The van der Waals surface area contributed by atoms with Crippen molar-refractivity contribution < 1.29 is 5.11 Å². The SMILES string of the molecule is CC1Cc2c(cn(C)c2Cl)C1(O)CN. The summed E-state index contributed by atoms with van der Waals surface area (Å²) >= 11 is 6.11. The third kappa shape index (κ3) is 1.06. The number of nitrogens with two attached hydrogens (primary N) is 1. The molecule has 0 saturated heterocycles. The first kappa shape index (κ1) is 10.0. The number of aryl methyl sites for hydroxylation is 1. The van der Waals surface area contributed by atoms with Crippen LogP contribution < -0.4 is 5.73 Å². The van der Waals surface area contributed by atoms with Crippen molar-refractivity contribution in [2.45, 2.75) is 18.9 Å². The number of fused-ring (bicyclic) bond motifs is 1.